The number of halogens is 1. The molecular weight excluding hydrogens is 223 g/mol. The van der Waals surface area contributed by atoms with Crippen LogP contribution in [0, 0.1) is 11.7 Å². The monoisotopic (exact) mass is 238 g/mol. The third-order valence-electron chi connectivity index (χ3n) is 2.90. The summed E-state index contributed by atoms with van der Waals surface area (Å²) in [6.07, 6.45) is 6.02. The van der Waals surface area contributed by atoms with Crippen molar-refractivity contribution in [2.24, 2.45) is 5.92 Å². The van der Waals surface area contributed by atoms with Gasteiger partial charge in [-0.05, 0) is 24.8 Å². The zero-order valence-corrected chi connectivity index (χ0v) is 9.45. The number of nitrogens with zero attached hydrogens (tertiary/aromatic N) is 1. The van der Waals surface area contributed by atoms with Crippen molar-refractivity contribution < 1.29 is 14.3 Å². The molecule has 0 amide bonds. The van der Waals surface area contributed by atoms with Gasteiger partial charge in [-0.15, -0.1) is 0 Å². The molecule has 2 rings (SSSR count). The van der Waals surface area contributed by atoms with Crippen molar-refractivity contribution in [3.05, 3.63) is 23.6 Å². The minimum absolute atomic E-state index is 0.0284. The molecule has 0 atom stereocenters. The Hall–Kier alpha value is -1.65. The van der Waals surface area contributed by atoms with Gasteiger partial charge in [-0.1, -0.05) is 12.8 Å². The molecule has 1 aliphatic rings. The molecule has 2 N–H and O–H groups in total. The van der Waals surface area contributed by atoms with E-state index in [0.717, 1.165) is 24.8 Å². The van der Waals surface area contributed by atoms with Crippen LogP contribution in [0.5, 0.6) is 0 Å². The lowest BCUT2D eigenvalue weighted by molar-refractivity contribution is 0.0692. The number of carboxylic acid groups (broad SMARTS) is 1. The number of pyridine rings is 1. The van der Waals surface area contributed by atoms with Crippen molar-refractivity contribution in [3.8, 4) is 0 Å². The number of aromatic nitrogens is 1. The van der Waals surface area contributed by atoms with Crippen molar-refractivity contribution in [3.63, 3.8) is 0 Å². The van der Waals surface area contributed by atoms with Gasteiger partial charge in [0, 0.05) is 12.7 Å². The highest BCUT2D eigenvalue weighted by Gasteiger charge is 2.20. The summed E-state index contributed by atoms with van der Waals surface area (Å²) in [6.45, 7) is 0.628. The molecule has 0 saturated heterocycles. The van der Waals surface area contributed by atoms with Crippen LogP contribution in [0.4, 0.5) is 10.2 Å². The molecule has 1 aromatic rings. The molecule has 1 saturated carbocycles. The number of hydrogen-bond acceptors (Lipinski definition) is 3. The largest absolute Gasteiger partial charge is 0.478 e. The van der Waals surface area contributed by atoms with Gasteiger partial charge in [0.05, 0.1) is 0 Å². The van der Waals surface area contributed by atoms with Crippen LogP contribution in [0.15, 0.2) is 12.3 Å². The Bertz CT molecular complexity index is 419. The first-order chi connectivity index (χ1) is 8.18. The second kappa shape index (κ2) is 5.12. The van der Waals surface area contributed by atoms with Crippen molar-refractivity contribution in [1.82, 2.24) is 4.98 Å². The van der Waals surface area contributed by atoms with E-state index in [1.165, 1.54) is 19.0 Å². The maximum Gasteiger partial charge on any atom is 0.338 e. The Labute approximate surface area is 98.9 Å². The highest BCUT2D eigenvalue weighted by Crippen LogP contribution is 2.33. The van der Waals surface area contributed by atoms with Crippen LogP contribution >= 0.6 is 0 Å². The first kappa shape index (κ1) is 11.8. The summed E-state index contributed by atoms with van der Waals surface area (Å²) in [4.78, 5) is 14.5. The Kier molecular flexibility index (Phi) is 3.56. The standard InChI is InChI=1S/C12H15FN2O2/c13-10-9(12(16)17)5-7-15-11(10)14-6-1-2-8-3-4-8/h5,7-8H,1-4,6H2,(H,14,15)(H,16,17). The predicted octanol–water partition coefficient (Wildman–Crippen LogP) is 2.52. The van der Waals surface area contributed by atoms with Crippen molar-refractivity contribution in [2.45, 2.75) is 25.7 Å². The van der Waals surface area contributed by atoms with Gasteiger partial charge in [0.15, 0.2) is 11.6 Å². The number of rotatable bonds is 6. The van der Waals surface area contributed by atoms with E-state index in [9.17, 15) is 9.18 Å². The third-order valence-corrected chi connectivity index (χ3v) is 2.90. The number of carbonyl (C=O) groups is 1. The lowest BCUT2D eigenvalue weighted by Gasteiger charge is -2.07. The molecule has 0 spiro atoms. The number of aromatic carboxylic acids is 1. The fourth-order valence-electron chi connectivity index (χ4n) is 1.74. The Morgan fingerprint density at radius 2 is 2.35 bits per heavy atom. The summed E-state index contributed by atoms with van der Waals surface area (Å²) in [5.74, 6) is -1.18. The maximum atomic E-state index is 13.6. The van der Waals surface area contributed by atoms with E-state index in [1.54, 1.807) is 0 Å². The average Bonchev–Trinajstić information content (AvgIpc) is 3.10. The zero-order chi connectivity index (χ0) is 12.3. The molecule has 1 fully saturated rings. The Balaban J connectivity index is 1.90. The molecule has 0 bridgehead atoms. The molecule has 0 radical (unpaired) electrons. The van der Waals surface area contributed by atoms with Crippen LogP contribution in [-0.4, -0.2) is 22.6 Å². The summed E-state index contributed by atoms with van der Waals surface area (Å²) >= 11 is 0. The number of anilines is 1. The molecule has 4 nitrogen and oxygen atoms in total. The van der Waals surface area contributed by atoms with Crippen molar-refractivity contribution in [2.75, 3.05) is 11.9 Å². The van der Waals surface area contributed by atoms with Crippen molar-refractivity contribution in [1.29, 1.82) is 0 Å². The quantitative estimate of drug-likeness (QED) is 0.747. The lowest BCUT2D eigenvalue weighted by atomic mass is 10.2. The van der Waals surface area contributed by atoms with Gasteiger partial charge in [-0.2, -0.15) is 0 Å². The molecule has 0 aromatic carbocycles. The minimum Gasteiger partial charge on any atom is -0.478 e. The summed E-state index contributed by atoms with van der Waals surface area (Å²) in [6, 6.07) is 1.16. The van der Waals surface area contributed by atoms with E-state index >= 15 is 0 Å². The molecular formula is C12H15FN2O2. The van der Waals surface area contributed by atoms with Gasteiger partial charge in [0.2, 0.25) is 0 Å². The highest BCUT2D eigenvalue weighted by atomic mass is 19.1. The summed E-state index contributed by atoms with van der Waals surface area (Å²) in [5, 5.41) is 11.6. The fourth-order valence-corrected chi connectivity index (χ4v) is 1.74. The summed E-state index contributed by atoms with van der Waals surface area (Å²) in [7, 11) is 0. The summed E-state index contributed by atoms with van der Waals surface area (Å²) in [5.41, 5.74) is -0.343. The summed E-state index contributed by atoms with van der Waals surface area (Å²) < 4.78 is 13.6. The first-order valence-corrected chi connectivity index (χ1v) is 5.80. The molecule has 0 aliphatic heterocycles. The average molecular weight is 238 g/mol. The van der Waals surface area contributed by atoms with Crippen LogP contribution in [-0.2, 0) is 0 Å². The first-order valence-electron chi connectivity index (χ1n) is 5.80. The fraction of sp³-hybridized carbons (Fsp3) is 0.500. The van der Waals surface area contributed by atoms with Crippen LogP contribution in [0.3, 0.4) is 0 Å². The van der Waals surface area contributed by atoms with Gasteiger partial charge in [-0.3, -0.25) is 0 Å². The second-order valence-corrected chi connectivity index (χ2v) is 4.34. The molecule has 5 heteroatoms. The predicted molar refractivity (Wildman–Crippen MR) is 61.6 cm³/mol. The molecule has 17 heavy (non-hydrogen) atoms. The van der Waals surface area contributed by atoms with Crippen LogP contribution < -0.4 is 5.32 Å². The minimum atomic E-state index is -1.27. The smallest absolute Gasteiger partial charge is 0.338 e. The van der Waals surface area contributed by atoms with E-state index in [1.807, 2.05) is 0 Å². The maximum absolute atomic E-state index is 13.6. The van der Waals surface area contributed by atoms with Gasteiger partial charge in [0.1, 0.15) is 5.56 Å². The molecule has 1 heterocycles. The highest BCUT2D eigenvalue weighted by molar-refractivity contribution is 5.88. The molecule has 1 aromatic heterocycles. The SMILES string of the molecule is O=C(O)c1ccnc(NCCCC2CC2)c1F. The van der Waals surface area contributed by atoms with Gasteiger partial charge in [-0.25, -0.2) is 14.2 Å². The number of nitrogens with one attached hydrogen (secondary N) is 1. The normalized spacial score (nSPS) is 14.6. The number of carboxylic acids is 1. The Morgan fingerprint density at radius 1 is 1.59 bits per heavy atom. The van der Waals surface area contributed by atoms with E-state index < -0.39 is 11.8 Å². The topological polar surface area (TPSA) is 62.2 Å². The zero-order valence-electron chi connectivity index (χ0n) is 9.45. The van der Waals surface area contributed by atoms with Crippen LogP contribution in [0.25, 0.3) is 0 Å². The van der Waals surface area contributed by atoms with Gasteiger partial charge < -0.3 is 10.4 Å². The van der Waals surface area contributed by atoms with Crippen LogP contribution in [0.1, 0.15) is 36.0 Å². The second-order valence-electron chi connectivity index (χ2n) is 4.34. The number of hydrogen-bond donors (Lipinski definition) is 2. The van der Waals surface area contributed by atoms with Gasteiger partial charge in [0.25, 0.3) is 0 Å². The van der Waals surface area contributed by atoms with Crippen LogP contribution in [0.2, 0.25) is 0 Å². The van der Waals surface area contributed by atoms with E-state index in [2.05, 4.69) is 10.3 Å². The van der Waals surface area contributed by atoms with Gasteiger partial charge >= 0.3 is 5.97 Å². The van der Waals surface area contributed by atoms with E-state index in [0.29, 0.717) is 6.54 Å². The lowest BCUT2D eigenvalue weighted by Crippen LogP contribution is -2.09. The molecule has 0 unspecified atom stereocenters. The van der Waals surface area contributed by atoms with Crippen molar-refractivity contribution >= 4 is 11.8 Å². The third kappa shape index (κ3) is 3.15. The molecule has 1 aliphatic carbocycles. The molecule has 92 valence electrons. The van der Waals surface area contributed by atoms with E-state index in [-0.39, 0.29) is 11.4 Å². The van der Waals surface area contributed by atoms with E-state index in [4.69, 9.17) is 5.11 Å². The Morgan fingerprint density at radius 3 is 3.00 bits per heavy atom.